The third kappa shape index (κ3) is 4.40. The lowest BCUT2D eigenvalue weighted by molar-refractivity contribution is -0.118. The highest BCUT2D eigenvalue weighted by Crippen LogP contribution is 2.21. The highest BCUT2D eigenvalue weighted by Gasteiger charge is 2.07. The molecule has 0 aliphatic rings. The fourth-order valence-electron chi connectivity index (χ4n) is 2.93. The van der Waals surface area contributed by atoms with Crippen molar-refractivity contribution < 1.29 is 9.53 Å². The number of benzene rings is 2. The van der Waals surface area contributed by atoms with Crippen LogP contribution in [0.2, 0.25) is 0 Å². The van der Waals surface area contributed by atoms with Crippen molar-refractivity contribution in [3.05, 3.63) is 72.6 Å². The van der Waals surface area contributed by atoms with Crippen LogP contribution in [0.5, 0.6) is 5.75 Å². The molecule has 0 atom stereocenters. The summed E-state index contributed by atoms with van der Waals surface area (Å²) in [6, 6.07) is 19.0. The molecule has 0 bridgehead atoms. The van der Waals surface area contributed by atoms with Gasteiger partial charge in [0, 0.05) is 11.3 Å². The number of ether oxygens (including phenoxy) is 1. The number of aromatic nitrogens is 4. The van der Waals surface area contributed by atoms with Crippen LogP contribution in [0, 0.1) is 0 Å². The van der Waals surface area contributed by atoms with Gasteiger partial charge in [-0.15, -0.1) is 10.2 Å². The Bertz CT molecular complexity index is 1140. The van der Waals surface area contributed by atoms with Gasteiger partial charge in [-0.3, -0.25) is 4.79 Å². The van der Waals surface area contributed by atoms with Crippen molar-refractivity contribution in [2.24, 2.45) is 0 Å². The molecule has 146 valence electrons. The lowest BCUT2D eigenvalue weighted by atomic mass is 10.0. The van der Waals surface area contributed by atoms with Crippen LogP contribution >= 0.6 is 0 Å². The van der Waals surface area contributed by atoms with E-state index in [2.05, 4.69) is 34.5 Å². The number of carbonyl (C=O) groups is 1. The molecule has 0 radical (unpaired) electrons. The molecule has 0 aliphatic carbocycles. The summed E-state index contributed by atoms with van der Waals surface area (Å²) in [6.45, 7) is 4.21. The molecule has 1 amide bonds. The molecule has 0 unspecified atom stereocenters. The fourth-order valence-corrected chi connectivity index (χ4v) is 2.93. The van der Waals surface area contributed by atoms with E-state index in [1.165, 1.54) is 5.56 Å². The molecule has 7 heteroatoms. The van der Waals surface area contributed by atoms with Crippen LogP contribution in [-0.4, -0.2) is 32.3 Å². The Kier molecular flexibility index (Phi) is 5.20. The summed E-state index contributed by atoms with van der Waals surface area (Å²) in [6.07, 6.45) is 1.55. The zero-order valence-electron chi connectivity index (χ0n) is 16.2. The quantitative estimate of drug-likeness (QED) is 0.542. The SMILES string of the molecule is CC(C)c1ccc(OCC(=O)Nc2cccc(-c3ccc4nncn4n3)c2)cc1. The summed E-state index contributed by atoms with van der Waals surface area (Å²) in [5, 5.41) is 15.1. The largest absolute Gasteiger partial charge is 0.484 e. The van der Waals surface area contributed by atoms with E-state index in [1.54, 1.807) is 10.8 Å². The van der Waals surface area contributed by atoms with Crippen molar-refractivity contribution >= 4 is 17.2 Å². The number of amides is 1. The second-order valence-electron chi connectivity index (χ2n) is 6.99. The summed E-state index contributed by atoms with van der Waals surface area (Å²) >= 11 is 0. The van der Waals surface area contributed by atoms with Crippen LogP contribution in [0.25, 0.3) is 16.9 Å². The highest BCUT2D eigenvalue weighted by atomic mass is 16.5. The monoisotopic (exact) mass is 387 g/mol. The van der Waals surface area contributed by atoms with Gasteiger partial charge in [-0.05, 0) is 47.9 Å². The second kappa shape index (κ2) is 8.10. The van der Waals surface area contributed by atoms with Crippen LogP contribution in [0.4, 0.5) is 5.69 Å². The molecule has 2 heterocycles. The van der Waals surface area contributed by atoms with Crippen LogP contribution in [0.15, 0.2) is 67.0 Å². The van der Waals surface area contributed by atoms with Crippen molar-refractivity contribution in [3.63, 3.8) is 0 Å². The van der Waals surface area contributed by atoms with E-state index in [9.17, 15) is 4.79 Å². The number of anilines is 1. The van der Waals surface area contributed by atoms with E-state index in [0.717, 1.165) is 11.3 Å². The van der Waals surface area contributed by atoms with Crippen molar-refractivity contribution in [1.29, 1.82) is 0 Å². The second-order valence-corrected chi connectivity index (χ2v) is 6.99. The zero-order chi connectivity index (χ0) is 20.2. The van der Waals surface area contributed by atoms with E-state index in [1.807, 2.05) is 60.7 Å². The standard InChI is InChI=1S/C22H21N5O2/c1-15(2)16-6-8-19(9-7-16)29-13-22(28)24-18-5-3-4-17(12-18)20-10-11-21-25-23-14-27(21)26-20/h3-12,14-15H,13H2,1-2H3,(H,24,28). The topological polar surface area (TPSA) is 81.4 Å². The first kappa shape index (κ1) is 18.6. The van der Waals surface area contributed by atoms with Gasteiger partial charge in [0.1, 0.15) is 12.1 Å². The average Bonchev–Trinajstić information content (AvgIpc) is 3.20. The van der Waals surface area contributed by atoms with Gasteiger partial charge in [-0.2, -0.15) is 9.61 Å². The number of fused-ring (bicyclic) bond motifs is 1. The molecule has 2 aromatic heterocycles. The molecule has 0 saturated heterocycles. The predicted molar refractivity (Wildman–Crippen MR) is 111 cm³/mol. The Morgan fingerprint density at radius 2 is 1.93 bits per heavy atom. The van der Waals surface area contributed by atoms with Crippen molar-refractivity contribution in [2.45, 2.75) is 19.8 Å². The Hall–Kier alpha value is -3.74. The minimum atomic E-state index is -0.225. The number of nitrogens with zero attached hydrogens (tertiary/aromatic N) is 4. The lowest BCUT2D eigenvalue weighted by Gasteiger charge is -2.10. The molecular formula is C22H21N5O2. The molecule has 2 aromatic carbocycles. The molecule has 4 aromatic rings. The molecule has 0 aliphatic heterocycles. The molecule has 0 fully saturated rings. The van der Waals surface area contributed by atoms with Gasteiger partial charge in [0.15, 0.2) is 12.3 Å². The Morgan fingerprint density at radius 3 is 2.72 bits per heavy atom. The average molecular weight is 387 g/mol. The number of rotatable bonds is 6. The molecule has 4 rings (SSSR count). The normalized spacial score (nSPS) is 11.0. The molecule has 7 nitrogen and oxygen atoms in total. The first-order valence-corrected chi connectivity index (χ1v) is 9.38. The molecular weight excluding hydrogens is 366 g/mol. The van der Waals surface area contributed by atoms with Crippen molar-refractivity contribution in [2.75, 3.05) is 11.9 Å². The van der Waals surface area contributed by atoms with Crippen molar-refractivity contribution in [3.8, 4) is 17.0 Å². The number of hydrogen-bond acceptors (Lipinski definition) is 5. The van der Waals surface area contributed by atoms with Gasteiger partial charge in [0.2, 0.25) is 0 Å². The zero-order valence-corrected chi connectivity index (χ0v) is 16.2. The summed E-state index contributed by atoms with van der Waals surface area (Å²) in [5.41, 5.74) is 4.23. The molecule has 29 heavy (non-hydrogen) atoms. The van der Waals surface area contributed by atoms with Gasteiger partial charge < -0.3 is 10.1 Å². The van der Waals surface area contributed by atoms with E-state index in [4.69, 9.17) is 4.74 Å². The van der Waals surface area contributed by atoms with Crippen LogP contribution < -0.4 is 10.1 Å². The van der Waals surface area contributed by atoms with E-state index < -0.39 is 0 Å². The van der Waals surface area contributed by atoms with Gasteiger partial charge in [0.25, 0.3) is 5.91 Å². The molecule has 1 N–H and O–H groups in total. The minimum absolute atomic E-state index is 0.0594. The maximum absolute atomic E-state index is 12.3. The third-order valence-electron chi connectivity index (χ3n) is 4.52. The molecule has 0 spiro atoms. The van der Waals surface area contributed by atoms with E-state index >= 15 is 0 Å². The first-order chi connectivity index (χ1) is 14.1. The first-order valence-electron chi connectivity index (χ1n) is 9.38. The summed E-state index contributed by atoms with van der Waals surface area (Å²) < 4.78 is 7.20. The molecule has 0 saturated carbocycles. The van der Waals surface area contributed by atoms with Gasteiger partial charge >= 0.3 is 0 Å². The summed E-state index contributed by atoms with van der Waals surface area (Å²) in [5.74, 6) is 0.905. The fraction of sp³-hybridized carbons (Fsp3) is 0.182. The lowest BCUT2D eigenvalue weighted by Crippen LogP contribution is -2.20. The number of nitrogens with one attached hydrogen (secondary N) is 1. The third-order valence-corrected chi connectivity index (χ3v) is 4.52. The van der Waals surface area contributed by atoms with Crippen LogP contribution in [0.1, 0.15) is 25.3 Å². The van der Waals surface area contributed by atoms with E-state index in [0.29, 0.717) is 23.0 Å². The van der Waals surface area contributed by atoms with E-state index in [-0.39, 0.29) is 12.5 Å². The highest BCUT2D eigenvalue weighted by molar-refractivity contribution is 5.92. The minimum Gasteiger partial charge on any atom is -0.484 e. The van der Waals surface area contributed by atoms with Crippen LogP contribution in [0.3, 0.4) is 0 Å². The van der Waals surface area contributed by atoms with Crippen molar-refractivity contribution in [1.82, 2.24) is 19.8 Å². The van der Waals surface area contributed by atoms with Gasteiger partial charge in [0.05, 0.1) is 5.69 Å². The van der Waals surface area contributed by atoms with Gasteiger partial charge in [-0.25, -0.2) is 0 Å². The maximum Gasteiger partial charge on any atom is 0.262 e. The summed E-state index contributed by atoms with van der Waals surface area (Å²) in [4.78, 5) is 12.3. The Morgan fingerprint density at radius 1 is 1.10 bits per heavy atom. The number of hydrogen-bond donors (Lipinski definition) is 1. The maximum atomic E-state index is 12.3. The Balaban J connectivity index is 1.40. The van der Waals surface area contributed by atoms with Gasteiger partial charge in [-0.1, -0.05) is 38.1 Å². The predicted octanol–water partition coefficient (Wildman–Crippen LogP) is 3.93. The van der Waals surface area contributed by atoms with Crippen LogP contribution in [-0.2, 0) is 4.79 Å². The smallest absolute Gasteiger partial charge is 0.262 e. The number of carbonyl (C=O) groups excluding carboxylic acids is 1. The Labute approximate surface area is 168 Å². The summed E-state index contributed by atoms with van der Waals surface area (Å²) in [7, 11) is 0.